The molecule has 1 aliphatic rings. The molecule has 104 valence electrons. The zero-order valence-electron chi connectivity index (χ0n) is 10.7. The number of nitrogens with two attached hydrogens (primary N) is 1. The molecule has 2 rings (SSSR count). The maximum atomic E-state index is 12.0. The molecule has 6 heteroatoms. The number of ether oxygens (including phenoxy) is 1. The lowest BCUT2D eigenvalue weighted by Gasteiger charge is -2.27. The van der Waals surface area contributed by atoms with E-state index in [1.807, 2.05) is 18.2 Å². The summed E-state index contributed by atoms with van der Waals surface area (Å²) in [6.07, 6.45) is 0.280. The molecule has 0 aromatic heterocycles. The molecule has 0 saturated carbocycles. The van der Waals surface area contributed by atoms with Gasteiger partial charge in [-0.1, -0.05) is 11.6 Å². The van der Waals surface area contributed by atoms with Crippen LogP contribution in [0.3, 0.4) is 0 Å². The molecule has 3 N–H and O–H groups in total. The van der Waals surface area contributed by atoms with E-state index in [0.717, 1.165) is 17.7 Å². The van der Waals surface area contributed by atoms with Crippen LogP contribution in [0.15, 0.2) is 23.1 Å². The van der Waals surface area contributed by atoms with Crippen LogP contribution in [0, 0.1) is 0 Å². The average molecular weight is 301 g/mol. The van der Waals surface area contributed by atoms with Crippen molar-refractivity contribution in [2.24, 2.45) is 5.73 Å². The Balaban J connectivity index is 2.15. The second-order valence-corrected chi connectivity index (χ2v) is 5.91. The van der Waals surface area contributed by atoms with E-state index in [-0.39, 0.29) is 18.5 Å². The van der Waals surface area contributed by atoms with Gasteiger partial charge in [-0.2, -0.15) is 0 Å². The Morgan fingerprint density at radius 1 is 1.68 bits per heavy atom. The standard InChI is InChI=1S/C13H17ClN2O2S/c1-18-11(7-15)13(17)16-10-4-5-19-12-3-2-8(14)6-9(10)12/h2-3,6,10-11H,4-5,7,15H2,1H3,(H,16,17). The molecule has 0 spiro atoms. The topological polar surface area (TPSA) is 64.3 Å². The molecule has 4 nitrogen and oxygen atoms in total. The first-order chi connectivity index (χ1) is 9.15. The van der Waals surface area contributed by atoms with E-state index >= 15 is 0 Å². The van der Waals surface area contributed by atoms with Crippen molar-refractivity contribution in [1.29, 1.82) is 0 Å². The number of amides is 1. The predicted octanol–water partition coefficient (Wildman–Crippen LogP) is 1.97. The van der Waals surface area contributed by atoms with Crippen LogP contribution in [-0.2, 0) is 9.53 Å². The molecule has 0 radical (unpaired) electrons. The molecule has 19 heavy (non-hydrogen) atoms. The second-order valence-electron chi connectivity index (χ2n) is 4.34. The van der Waals surface area contributed by atoms with Crippen molar-refractivity contribution in [3.05, 3.63) is 28.8 Å². The highest BCUT2D eigenvalue weighted by Gasteiger charge is 2.25. The van der Waals surface area contributed by atoms with Crippen molar-refractivity contribution in [1.82, 2.24) is 5.32 Å². The van der Waals surface area contributed by atoms with Crippen LogP contribution in [0.4, 0.5) is 0 Å². The van der Waals surface area contributed by atoms with Gasteiger partial charge in [0.2, 0.25) is 0 Å². The number of rotatable bonds is 4. The highest BCUT2D eigenvalue weighted by molar-refractivity contribution is 7.99. The lowest BCUT2D eigenvalue weighted by Crippen LogP contribution is -2.42. The molecule has 1 amide bonds. The van der Waals surface area contributed by atoms with Gasteiger partial charge in [0, 0.05) is 29.3 Å². The zero-order chi connectivity index (χ0) is 13.8. The fourth-order valence-electron chi connectivity index (χ4n) is 2.09. The molecule has 0 fully saturated rings. The van der Waals surface area contributed by atoms with E-state index in [9.17, 15) is 4.79 Å². The van der Waals surface area contributed by atoms with Gasteiger partial charge in [-0.3, -0.25) is 4.79 Å². The van der Waals surface area contributed by atoms with Gasteiger partial charge < -0.3 is 15.8 Å². The third-order valence-electron chi connectivity index (χ3n) is 3.12. The molecule has 0 aliphatic carbocycles. The Labute approximate surface area is 122 Å². The first-order valence-corrected chi connectivity index (χ1v) is 7.47. The Hall–Kier alpha value is -0.750. The molecular formula is C13H17ClN2O2S. The zero-order valence-corrected chi connectivity index (χ0v) is 12.3. The highest BCUT2D eigenvalue weighted by atomic mass is 35.5. The summed E-state index contributed by atoms with van der Waals surface area (Å²) in [6.45, 7) is 0.173. The molecule has 2 unspecified atom stereocenters. The van der Waals surface area contributed by atoms with Crippen molar-refractivity contribution >= 4 is 29.3 Å². The molecule has 2 atom stereocenters. The minimum absolute atomic E-state index is 0.0216. The number of carbonyl (C=O) groups is 1. The summed E-state index contributed by atoms with van der Waals surface area (Å²) in [5.41, 5.74) is 6.57. The van der Waals surface area contributed by atoms with Crippen LogP contribution < -0.4 is 11.1 Å². The summed E-state index contributed by atoms with van der Waals surface area (Å²) in [5, 5.41) is 3.67. The minimum atomic E-state index is -0.600. The van der Waals surface area contributed by atoms with E-state index in [1.54, 1.807) is 11.8 Å². The second kappa shape index (κ2) is 6.61. The van der Waals surface area contributed by atoms with Gasteiger partial charge in [0.05, 0.1) is 6.04 Å². The summed E-state index contributed by atoms with van der Waals surface area (Å²) < 4.78 is 5.05. The Kier molecular flexibility index (Phi) is 5.10. The third kappa shape index (κ3) is 3.42. The lowest BCUT2D eigenvalue weighted by molar-refractivity contribution is -0.131. The average Bonchev–Trinajstić information content (AvgIpc) is 2.41. The van der Waals surface area contributed by atoms with E-state index in [2.05, 4.69) is 5.32 Å². The molecule has 0 bridgehead atoms. The van der Waals surface area contributed by atoms with E-state index in [4.69, 9.17) is 22.1 Å². The Morgan fingerprint density at radius 2 is 2.47 bits per heavy atom. The smallest absolute Gasteiger partial charge is 0.250 e. The molecule has 1 aliphatic heterocycles. The molecule has 1 aromatic rings. The van der Waals surface area contributed by atoms with Crippen LogP contribution in [0.25, 0.3) is 0 Å². The fraction of sp³-hybridized carbons (Fsp3) is 0.462. The van der Waals surface area contributed by atoms with Crippen LogP contribution >= 0.6 is 23.4 Å². The highest BCUT2D eigenvalue weighted by Crippen LogP contribution is 2.37. The monoisotopic (exact) mass is 300 g/mol. The van der Waals surface area contributed by atoms with Crippen molar-refractivity contribution in [2.75, 3.05) is 19.4 Å². The van der Waals surface area contributed by atoms with Gasteiger partial charge in [-0.25, -0.2) is 0 Å². The molecular weight excluding hydrogens is 284 g/mol. The SMILES string of the molecule is COC(CN)C(=O)NC1CCSc2ccc(Cl)cc21. The van der Waals surface area contributed by atoms with Crippen molar-refractivity contribution in [3.8, 4) is 0 Å². The van der Waals surface area contributed by atoms with Crippen molar-refractivity contribution in [3.63, 3.8) is 0 Å². The summed E-state index contributed by atoms with van der Waals surface area (Å²) in [7, 11) is 1.48. The minimum Gasteiger partial charge on any atom is -0.370 e. The summed E-state index contributed by atoms with van der Waals surface area (Å²) >= 11 is 7.81. The third-order valence-corrected chi connectivity index (χ3v) is 4.48. The van der Waals surface area contributed by atoms with Crippen LogP contribution in [0.5, 0.6) is 0 Å². The quantitative estimate of drug-likeness (QED) is 0.892. The van der Waals surface area contributed by atoms with Gasteiger partial charge in [-0.15, -0.1) is 11.8 Å². The number of carbonyl (C=O) groups excluding carboxylic acids is 1. The number of halogens is 1. The molecule has 1 aromatic carbocycles. The maximum absolute atomic E-state index is 12.0. The first-order valence-electron chi connectivity index (χ1n) is 6.11. The number of thioether (sulfide) groups is 1. The van der Waals surface area contributed by atoms with Crippen LogP contribution in [0.1, 0.15) is 18.0 Å². The summed E-state index contributed by atoms with van der Waals surface area (Å²) in [6, 6.07) is 5.76. The number of fused-ring (bicyclic) bond motifs is 1. The lowest BCUT2D eigenvalue weighted by atomic mass is 10.0. The van der Waals surface area contributed by atoms with Gasteiger partial charge >= 0.3 is 0 Å². The molecule has 0 saturated heterocycles. The van der Waals surface area contributed by atoms with Gasteiger partial charge in [0.15, 0.2) is 0 Å². The number of hydrogen-bond acceptors (Lipinski definition) is 4. The van der Waals surface area contributed by atoms with Gasteiger partial charge in [-0.05, 0) is 30.2 Å². The van der Waals surface area contributed by atoms with Gasteiger partial charge in [0.25, 0.3) is 5.91 Å². The Morgan fingerprint density at radius 3 is 3.16 bits per heavy atom. The summed E-state index contributed by atoms with van der Waals surface area (Å²) in [4.78, 5) is 13.2. The Bertz CT molecular complexity index is 466. The van der Waals surface area contributed by atoms with Crippen molar-refractivity contribution < 1.29 is 9.53 Å². The van der Waals surface area contributed by atoms with Crippen LogP contribution in [0.2, 0.25) is 5.02 Å². The number of benzene rings is 1. The number of nitrogens with one attached hydrogen (secondary N) is 1. The van der Waals surface area contributed by atoms with Crippen LogP contribution in [-0.4, -0.2) is 31.4 Å². The largest absolute Gasteiger partial charge is 0.370 e. The van der Waals surface area contributed by atoms with E-state index in [1.165, 1.54) is 12.0 Å². The number of methoxy groups -OCH3 is 1. The fourth-order valence-corrected chi connectivity index (χ4v) is 3.38. The predicted molar refractivity (Wildman–Crippen MR) is 77.5 cm³/mol. The van der Waals surface area contributed by atoms with Crippen molar-refractivity contribution in [2.45, 2.75) is 23.5 Å². The van der Waals surface area contributed by atoms with Gasteiger partial charge in [0.1, 0.15) is 6.10 Å². The van der Waals surface area contributed by atoms with E-state index < -0.39 is 6.10 Å². The van der Waals surface area contributed by atoms with E-state index in [0.29, 0.717) is 5.02 Å². The number of hydrogen-bond donors (Lipinski definition) is 2. The normalized spacial score (nSPS) is 19.6. The first kappa shape index (κ1) is 14.7. The summed E-state index contributed by atoms with van der Waals surface area (Å²) in [5.74, 6) is 0.799. The molecule has 1 heterocycles. The maximum Gasteiger partial charge on any atom is 0.250 e.